The number of rotatable bonds is 6. The lowest BCUT2D eigenvalue weighted by Gasteiger charge is -2.33. The first-order chi connectivity index (χ1) is 7.65. The fourth-order valence-electron chi connectivity index (χ4n) is 2.25. The van der Waals surface area contributed by atoms with Gasteiger partial charge in [-0.2, -0.15) is 0 Å². The van der Waals surface area contributed by atoms with Crippen LogP contribution in [-0.4, -0.2) is 47.8 Å². The lowest BCUT2D eigenvalue weighted by Crippen LogP contribution is -2.40. The van der Waals surface area contributed by atoms with Crippen LogP contribution in [0.3, 0.4) is 0 Å². The highest BCUT2D eigenvalue weighted by Crippen LogP contribution is 2.17. The summed E-state index contributed by atoms with van der Waals surface area (Å²) in [5, 5.41) is 8.96. The summed E-state index contributed by atoms with van der Waals surface area (Å²) in [6, 6.07) is 0.588. The number of aliphatic carboxylic acids is 1. The second-order valence-corrected chi connectivity index (χ2v) is 4.45. The van der Waals surface area contributed by atoms with E-state index in [-0.39, 0.29) is 0 Å². The minimum absolute atomic E-state index is 0.465. The van der Waals surface area contributed by atoms with Gasteiger partial charge in [0.05, 0.1) is 0 Å². The normalized spacial score (nSPS) is 24.2. The second kappa shape index (κ2) is 6.86. The van der Waals surface area contributed by atoms with Gasteiger partial charge in [-0.15, -0.1) is 0 Å². The molecule has 0 aromatic carbocycles. The molecular weight excluding hydrogens is 206 g/mol. The maximum Gasteiger partial charge on any atom is 0.332 e. The molecule has 1 aliphatic heterocycles. The van der Waals surface area contributed by atoms with Crippen LogP contribution in [-0.2, 0) is 9.53 Å². The van der Waals surface area contributed by atoms with Crippen LogP contribution in [0.1, 0.15) is 39.5 Å². The molecule has 0 spiro atoms. The molecule has 2 atom stereocenters. The van der Waals surface area contributed by atoms with Crippen molar-refractivity contribution >= 4 is 5.97 Å². The van der Waals surface area contributed by atoms with Crippen molar-refractivity contribution in [3.8, 4) is 0 Å². The number of nitrogens with zero attached hydrogens (tertiary/aromatic N) is 1. The molecule has 0 bridgehead atoms. The first-order valence-corrected chi connectivity index (χ1v) is 6.23. The molecule has 0 amide bonds. The molecule has 0 aromatic heterocycles. The molecule has 94 valence electrons. The van der Waals surface area contributed by atoms with Gasteiger partial charge in [0.15, 0.2) is 6.10 Å². The Morgan fingerprint density at radius 2 is 2.31 bits per heavy atom. The first kappa shape index (κ1) is 13.5. The van der Waals surface area contributed by atoms with Gasteiger partial charge < -0.3 is 14.7 Å². The summed E-state index contributed by atoms with van der Waals surface area (Å²) >= 11 is 0. The van der Waals surface area contributed by atoms with E-state index in [1.807, 2.05) is 6.92 Å². The third-order valence-electron chi connectivity index (χ3n) is 3.26. The number of ether oxygens (including phenoxy) is 1. The second-order valence-electron chi connectivity index (χ2n) is 4.45. The molecule has 1 heterocycles. The smallest absolute Gasteiger partial charge is 0.332 e. The van der Waals surface area contributed by atoms with Crippen LogP contribution in [0.15, 0.2) is 0 Å². The van der Waals surface area contributed by atoms with Crippen LogP contribution in [0.2, 0.25) is 0 Å². The monoisotopic (exact) mass is 229 g/mol. The first-order valence-electron chi connectivity index (χ1n) is 6.23. The molecule has 1 rings (SSSR count). The highest BCUT2D eigenvalue weighted by Gasteiger charge is 2.22. The molecule has 0 aliphatic carbocycles. The van der Waals surface area contributed by atoms with E-state index in [4.69, 9.17) is 9.84 Å². The SMILES string of the molecule is CCOC(CCN1CCCCC1C)C(=O)O. The molecule has 0 saturated carbocycles. The largest absolute Gasteiger partial charge is 0.479 e. The number of hydrogen-bond acceptors (Lipinski definition) is 3. The van der Waals surface area contributed by atoms with Crippen LogP contribution >= 0.6 is 0 Å². The molecule has 0 radical (unpaired) electrons. The van der Waals surface area contributed by atoms with Gasteiger partial charge in [-0.25, -0.2) is 4.79 Å². The average molecular weight is 229 g/mol. The summed E-state index contributed by atoms with van der Waals surface area (Å²) in [6.45, 7) is 6.44. The topological polar surface area (TPSA) is 49.8 Å². The van der Waals surface area contributed by atoms with Crippen molar-refractivity contribution in [3.05, 3.63) is 0 Å². The predicted octanol–water partition coefficient (Wildman–Crippen LogP) is 1.74. The van der Waals surface area contributed by atoms with Gasteiger partial charge in [0.1, 0.15) is 0 Å². The summed E-state index contributed by atoms with van der Waals surface area (Å²) in [5.74, 6) is -0.841. The van der Waals surface area contributed by atoms with Crippen LogP contribution < -0.4 is 0 Å². The molecule has 4 heteroatoms. The van der Waals surface area contributed by atoms with Crippen LogP contribution in [0, 0.1) is 0 Å². The molecule has 0 aromatic rings. The lowest BCUT2D eigenvalue weighted by molar-refractivity contribution is -0.150. The van der Waals surface area contributed by atoms with Gasteiger partial charge >= 0.3 is 5.97 Å². The van der Waals surface area contributed by atoms with E-state index >= 15 is 0 Å². The van der Waals surface area contributed by atoms with E-state index in [1.54, 1.807) is 0 Å². The van der Waals surface area contributed by atoms with E-state index in [9.17, 15) is 4.79 Å². The van der Waals surface area contributed by atoms with Gasteiger partial charge in [0.25, 0.3) is 0 Å². The van der Waals surface area contributed by atoms with E-state index in [0.717, 1.165) is 13.1 Å². The lowest BCUT2D eigenvalue weighted by atomic mass is 10.0. The van der Waals surface area contributed by atoms with Crippen LogP contribution in [0.4, 0.5) is 0 Å². The van der Waals surface area contributed by atoms with Crippen molar-refractivity contribution in [2.45, 2.75) is 51.7 Å². The summed E-state index contributed by atoms with van der Waals surface area (Å²) < 4.78 is 5.20. The molecular formula is C12H23NO3. The minimum atomic E-state index is -0.841. The molecule has 4 nitrogen and oxygen atoms in total. The van der Waals surface area contributed by atoms with Crippen LogP contribution in [0.5, 0.6) is 0 Å². The maximum atomic E-state index is 10.9. The number of hydrogen-bond donors (Lipinski definition) is 1. The quantitative estimate of drug-likeness (QED) is 0.753. The Labute approximate surface area is 97.6 Å². The van der Waals surface area contributed by atoms with Crippen molar-refractivity contribution < 1.29 is 14.6 Å². The third kappa shape index (κ3) is 4.10. The molecule has 2 unspecified atom stereocenters. The Balaban J connectivity index is 2.32. The maximum absolute atomic E-state index is 10.9. The van der Waals surface area contributed by atoms with E-state index in [2.05, 4.69) is 11.8 Å². The van der Waals surface area contributed by atoms with Gasteiger partial charge in [-0.1, -0.05) is 6.42 Å². The van der Waals surface area contributed by atoms with Crippen molar-refractivity contribution in [2.75, 3.05) is 19.7 Å². The highest BCUT2D eigenvalue weighted by molar-refractivity contribution is 5.72. The molecule has 1 saturated heterocycles. The fraction of sp³-hybridized carbons (Fsp3) is 0.917. The molecule has 16 heavy (non-hydrogen) atoms. The van der Waals surface area contributed by atoms with Crippen LogP contribution in [0.25, 0.3) is 0 Å². The van der Waals surface area contributed by atoms with Crippen molar-refractivity contribution in [1.82, 2.24) is 4.90 Å². The van der Waals surface area contributed by atoms with E-state index < -0.39 is 12.1 Å². The zero-order valence-electron chi connectivity index (χ0n) is 10.3. The summed E-state index contributed by atoms with van der Waals surface area (Å²) in [4.78, 5) is 13.3. The van der Waals surface area contributed by atoms with Crippen molar-refractivity contribution in [3.63, 3.8) is 0 Å². The zero-order valence-corrected chi connectivity index (χ0v) is 10.3. The Hall–Kier alpha value is -0.610. The Bertz CT molecular complexity index is 220. The standard InChI is InChI=1S/C12H23NO3/c1-3-16-11(12(14)15)7-9-13-8-5-4-6-10(13)2/h10-11H,3-9H2,1-2H3,(H,14,15). The summed E-state index contributed by atoms with van der Waals surface area (Å²) in [7, 11) is 0. The van der Waals surface area contributed by atoms with Crippen molar-refractivity contribution in [1.29, 1.82) is 0 Å². The minimum Gasteiger partial charge on any atom is -0.479 e. The summed E-state index contributed by atoms with van der Waals surface area (Å²) in [6.07, 6.45) is 3.71. The van der Waals surface area contributed by atoms with Crippen molar-refractivity contribution in [2.24, 2.45) is 0 Å². The molecule has 1 aliphatic rings. The number of carboxylic acid groups (broad SMARTS) is 1. The van der Waals surface area contributed by atoms with E-state index in [0.29, 0.717) is 19.1 Å². The fourth-order valence-corrected chi connectivity index (χ4v) is 2.25. The average Bonchev–Trinajstić information content (AvgIpc) is 2.26. The molecule has 1 N–H and O–H groups in total. The van der Waals surface area contributed by atoms with Gasteiger partial charge in [-0.3, -0.25) is 0 Å². The summed E-state index contributed by atoms with van der Waals surface area (Å²) in [5.41, 5.74) is 0. The predicted molar refractivity (Wildman–Crippen MR) is 62.6 cm³/mol. The highest BCUT2D eigenvalue weighted by atomic mass is 16.5. The van der Waals surface area contributed by atoms with Gasteiger partial charge in [0, 0.05) is 19.2 Å². The Morgan fingerprint density at radius 3 is 2.88 bits per heavy atom. The number of likely N-dealkylation sites (tertiary alicyclic amines) is 1. The Kier molecular flexibility index (Phi) is 5.77. The van der Waals surface area contributed by atoms with E-state index in [1.165, 1.54) is 19.3 Å². The Morgan fingerprint density at radius 1 is 1.56 bits per heavy atom. The third-order valence-corrected chi connectivity index (χ3v) is 3.26. The zero-order chi connectivity index (χ0) is 12.0. The number of piperidine rings is 1. The molecule has 1 fully saturated rings. The number of carbonyl (C=O) groups is 1. The van der Waals surface area contributed by atoms with Gasteiger partial charge in [0.2, 0.25) is 0 Å². The van der Waals surface area contributed by atoms with Gasteiger partial charge in [-0.05, 0) is 39.7 Å². The number of carboxylic acids is 1.